The van der Waals surface area contributed by atoms with Crippen molar-refractivity contribution in [1.29, 1.82) is 0 Å². The maximum Gasteiger partial charge on any atom is 0.433 e. The monoisotopic (exact) mass is 288 g/mol. The average molecular weight is 288 g/mol. The molecule has 0 fully saturated rings. The van der Waals surface area contributed by atoms with E-state index in [1.54, 1.807) is 0 Å². The van der Waals surface area contributed by atoms with Gasteiger partial charge in [-0.15, -0.1) is 0 Å². The van der Waals surface area contributed by atoms with Gasteiger partial charge in [-0.2, -0.15) is 13.2 Å². The van der Waals surface area contributed by atoms with Gasteiger partial charge in [-0.25, -0.2) is 9.78 Å². The number of alkyl halides is 3. The van der Waals surface area contributed by atoms with Gasteiger partial charge in [0.05, 0.1) is 5.69 Å². The fourth-order valence-electron chi connectivity index (χ4n) is 1.31. The summed E-state index contributed by atoms with van der Waals surface area (Å²) in [5.74, 6) is -0.517. The number of nitrogens with one attached hydrogen (secondary N) is 1. The minimum Gasteiger partial charge on any atom is -0.465 e. The van der Waals surface area contributed by atoms with E-state index in [-0.39, 0.29) is 17.8 Å². The lowest BCUT2D eigenvalue weighted by Crippen LogP contribution is -2.20. The number of pyridine rings is 1. The highest BCUT2D eigenvalue weighted by atomic mass is 19.4. The molecule has 0 atom stereocenters. The van der Waals surface area contributed by atoms with E-state index in [1.807, 2.05) is 5.32 Å². The number of ketones is 1. The topological polar surface area (TPSA) is 79.3 Å². The molecule has 0 aromatic carbocycles. The van der Waals surface area contributed by atoms with Crippen molar-refractivity contribution in [2.75, 3.05) is 6.54 Å². The number of nitrogens with zero attached hydrogens (tertiary/aromatic N) is 1. The summed E-state index contributed by atoms with van der Waals surface area (Å²) in [6.45, 7) is 1.07. The van der Waals surface area contributed by atoms with Crippen molar-refractivity contribution < 1.29 is 27.9 Å². The summed E-state index contributed by atoms with van der Waals surface area (Å²) < 4.78 is 37.9. The highest BCUT2D eigenvalue weighted by molar-refractivity contribution is 5.94. The Morgan fingerprint density at radius 1 is 1.40 bits per heavy atom. The zero-order valence-electron chi connectivity index (χ0n) is 10.4. The van der Waals surface area contributed by atoms with Crippen molar-refractivity contribution in [3.63, 3.8) is 0 Å². The largest absolute Gasteiger partial charge is 0.465 e. The van der Waals surface area contributed by atoms with E-state index in [1.165, 1.54) is 18.2 Å². The highest BCUT2D eigenvalue weighted by Gasteiger charge is 2.33. The predicted molar refractivity (Wildman–Crippen MR) is 64.3 cm³/mol. The molecule has 1 aromatic heterocycles. The minimum absolute atomic E-state index is 0.0720. The van der Waals surface area contributed by atoms with Gasteiger partial charge in [0.15, 0.2) is 5.78 Å². The number of carboxylic acid groups (broad SMARTS) is 1. The van der Waals surface area contributed by atoms with Crippen molar-refractivity contribution in [3.8, 4) is 0 Å². The van der Waals surface area contributed by atoms with E-state index < -0.39 is 23.7 Å². The van der Waals surface area contributed by atoms with Crippen LogP contribution in [0.3, 0.4) is 0 Å². The number of rotatable bonds is 4. The maximum absolute atomic E-state index is 12.6. The first-order valence-electron chi connectivity index (χ1n) is 5.43. The second-order valence-corrected chi connectivity index (χ2v) is 3.81. The number of aromatic nitrogens is 1. The molecule has 108 valence electrons. The molecule has 8 heteroatoms. The van der Waals surface area contributed by atoms with Gasteiger partial charge in [0.25, 0.3) is 0 Å². The number of hydrogen-bond acceptors (Lipinski definition) is 3. The molecular weight excluding hydrogens is 277 g/mol. The molecule has 0 bridgehead atoms. The van der Waals surface area contributed by atoms with Crippen molar-refractivity contribution in [2.24, 2.45) is 0 Å². The molecule has 2 N–H and O–H groups in total. The van der Waals surface area contributed by atoms with Crippen LogP contribution in [0.25, 0.3) is 6.08 Å². The van der Waals surface area contributed by atoms with Crippen molar-refractivity contribution >= 4 is 18.0 Å². The van der Waals surface area contributed by atoms with E-state index in [4.69, 9.17) is 5.11 Å². The molecule has 0 aliphatic rings. The highest BCUT2D eigenvalue weighted by Crippen LogP contribution is 2.28. The predicted octanol–water partition coefficient (Wildman–Crippen LogP) is 2.58. The normalized spacial score (nSPS) is 11.6. The quantitative estimate of drug-likeness (QED) is 0.835. The van der Waals surface area contributed by atoms with Gasteiger partial charge in [0, 0.05) is 12.1 Å². The van der Waals surface area contributed by atoms with Crippen molar-refractivity contribution in [1.82, 2.24) is 10.3 Å². The molecule has 0 unspecified atom stereocenters. The number of Topliss-reactive ketones (excluding diaryl/α,β-unsaturated/α-hetero) is 1. The van der Waals surface area contributed by atoms with Crippen LogP contribution in [0.2, 0.25) is 0 Å². The average Bonchev–Trinajstić information content (AvgIpc) is 2.33. The third-order valence-corrected chi connectivity index (χ3v) is 2.20. The van der Waals surface area contributed by atoms with E-state index in [2.05, 4.69) is 4.98 Å². The maximum atomic E-state index is 12.6. The SMILES string of the molecule is CC(=O)c1cc(/C=C/CNC(=O)O)nc(C(F)(F)F)c1. The molecule has 20 heavy (non-hydrogen) atoms. The fourth-order valence-corrected chi connectivity index (χ4v) is 1.31. The number of carbonyl (C=O) groups excluding carboxylic acids is 1. The zero-order chi connectivity index (χ0) is 15.3. The molecule has 1 aromatic rings. The van der Waals surface area contributed by atoms with Crippen LogP contribution in [0.1, 0.15) is 28.7 Å². The third-order valence-electron chi connectivity index (χ3n) is 2.20. The van der Waals surface area contributed by atoms with E-state index in [0.29, 0.717) is 6.07 Å². The minimum atomic E-state index is -4.66. The smallest absolute Gasteiger partial charge is 0.433 e. The van der Waals surface area contributed by atoms with Gasteiger partial charge in [-0.3, -0.25) is 4.79 Å². The number of amides is 1. The molecule has 0 saturated heterocycles. The summed E-state index contributed by atoms with van der Waals surface area (Å²) in [7, 11) is 0. The molecule has 0 aliphatic carbocycles. The Bertz CT molecular complexity index is 553. The Morgan fingerprint density at radius 2 is 2.05 bits per heavy atom. The summed E-state index contributed by atoms with van der Waals surface area (Å²) in [6, 6.07) is 1.88. The number of hydrogen-bond donors (Lipinski definition) is 2. The van der Waals surface area contributed by atoms with Gasteiger partial charge < -0.3 is 10.4 Å². The Labute approximate surface area is 112 Å². The lowest BCUT2D eigenvalue weighted by atomic mass is 10.1. The number of carbonyl (C=O) groups is 2. The lowest BCUT2D eigenvalue weighted by molar-refractivity contribution is -0.141. The van der Waals surface area contributed by atoms with Crippen molar-refractivity contribution in [3.05, 3.63) is 35.2 Å². The Kier molecular flexibility index (Phi) is 4.84. The van der Waals surface area contributed by atoms with E-state index >= 15 is 0 Å². The summed E-state index contributed by atoms with van der Waals surface area (Å²) in [6.07, 6.45) is -3.41. The van der Waals surface area contributed by atoms with Crippen LogP contribution in [0, 0.1) is 0 Å². The third kappa shape index (κ3) is 4.71. The van der Waals surface area contributed by atoms with Crippen LogP contribution in [-0.2, 0) is 6.18 Å². The van der Waals surface area contributed by atoms with Crippen LogP contribution in [-0.4, -0.2) is 28.5 Å². The first-order chi connectivity index (χ1) is 9.20. The van der Waals surface area contributed by atoms with Gasteiger partial charge >= 0.3 is 12.3 Å². The molecular formula is C12H11F3N2O3. The number of halogens is 3. The molecule has 1 heterocycles. The molecule has 1 rings (SSSR count). The summed E-state index contributed by atoms with van der Waals surface area (Å²) >= 11 is 0. The fraction of sp³-hybridized carbons (Fsp3) is 0.250. The molecule has 0 spiro atoms. The van der Waals surface area contributed by atoms with Gasteiger partial charge in [-0.1, -0.05) is 6.08 Å². The van der Waals surface area contributed by atoms with Gasteiger partial charge in [-0.05, 0) is 25.1 Å². The van der Waals surface area contributed by atoms with E-state index in [0.717, 1.165) is 6.92 Å². The van der Waals surface area contributed by atoms with E-state index in [9.17, 15) is 22.8 Å². The molecule has 0 radical (unpaired) electrons. The lowest BCUT2D eigenvalue weighted by Gasteiger charge is -2.08. The van der Waals surface area contributed by atoms with Gasteiger partial charge in [0.2, 0.25) is 0 Å². The molecule has 0 saturated carbocycles. The summed E-state index contributed by atoms with van der Waals surface area (Å²) in [5, 5.41) is 10.3. The zero-order valence-corrected chi connectivity index (χ0v) is 10.4. The van der Waals surface area contributed by atoms with Crippen LogP contribution in [0.4, 0.5) is 18.0 Å². The Morgan fingerprint density at radius 3 is 2.55 bits per heavy atom. The second kappa shape index (κ2) is 6.18. The molecule has 0 aliphatic heterocycles. The van der Waals surface area contributed by atoms with Crippen LogP contribution < -0.4 is 5.32 Å². The summed E-state index contributed by atoms with van der Waals surface area (Å²) in [4.78, 5) is 24.7. The first kappa shape index (κ1) is 15.7. The van der Waals surface area contributed by atoms with Crippen LogP contribution in [0.5, 0.6) is 0 Å². The molecule has 1 amide bonds. The standard InChI is InChI=1S/C12H11F3N2O3/c1-7(18)8-5-9(3-2-4-16-11(19)20)17-10(6-8)12(13,14)15/h2-3,5-6,16H,4H2,1H3,(H,19,20)/b3-2+. The second-order valence-electron chi connectivity index (χ2n) is 3.81. The van der Waals surface area contributed by atoms with Crippen molar-refractivity contribution in [2.45, 2.75) is 13.1 Å². The van der Waals surface area contributed by atoms with Gasteiger partial charge in [0.1, 0.15) is 5.69 Å². The van der Waals surface area contributed by atoms with Crippen LogP contribution in [0.15, 0.2) is 18.2 Å². The first-order valence-corrected chi connectivity index (χ1v) is 5.43. The summed E-state index contributed by atoms with van der Waals surface area (Å²) in [5.41, 5.74) is -1.36. The Balaban J connectivity index is 3.04. The van der Waals surface area contributed by atoms with Crippen LogP contribution >= 0.6 is 0 Å². The Hall–Kier alpha value is -2.38. The molecule has 5 nitrogen and oxygen atoms in total.